The van der Waals surface area contributed by atoms with E-state index >= 15 is 0 Å². The van der Waals surface area contributed by atoms with Crippen molar-refractivity contribution >= 4 is 17.7 Å². The Kier molecular flexibility index (Phi) is 3.91. The molecule has 1 rings (SSSR count). The highest BCUT2D eigenvalue weighted by molar-refractivity contribution is 5.87. The van der Waals surface area contributed by atoms with Crippen molar-refractivity contribution in [1.29, 1.82) is 0 Å². The van der Waals surface area contributed by atoms with Crippen LogP contribution in [0.3, 0.4) is 0 Å². The standard InChI is InChI=1S/C10H15N3O2/c1-3-13-9(8(11)7-12-13)5-6-10(14)15-4-2/h5-7H,3-4,11H2,1-2H3/b6-5+. The first-order valence-corrected chi connectivity index (χ1v) is 4.85. The molecule has 0 amide bonds. The van der Waals surface area contributed by atoms with Crippen molar-refractivity contribution in [3.63, 3.8) is 0 Å². The lowest BCUT2D eigenvalue weighted by Crippen LogP contribution is -2.02. The van der Waals surface area contributed by atoms with Crippen LogP contribution in [-0.4, -0.2) is 22.4 Å². The van der Waals surface area contributed by atoms with E-state index < -0.39 is 0 Å². The lowest BCUT2D eigenvalue weighted by molar-refractivity contribution is -0.137. The Morgan fingerprint density at radius 2 is 2.40 bits per heavy atom. The fourth-order valence-corrected chi connectivity index (χ4v) is 1.18. The maximum atomic E-state index is 11.1. The molecule has 0 atom stereocenters. The molecular weight excluding hydrogens is 194 g/mol. The van der Waals surface area contributed by atoms with E-state index in [1.807, 2.05) is 6.92 Å². The van der Waals surface area contributed by atoms with Crippen molar-refractivity contribution in [3.05, 3.63) is 18.0 Å². The molecule has 0 aliphatic rings. The third kappa shape index (κ3) is 2.83. The molecule has 0 radical (unpaired) electrons. The second kappa shape index (κ2) is 5.19. The maximum absolute atomic E-state index is 11.1. The number of hydrogen-bond donors (Lipinski definition) is 1. The third-order valence-corrected chi connectivity index (χ3v) is 1.87. The van der Waals surface area contributed by atoms with Crippen LogP contribution in [0.25, 0.3) is 6.08 Å². The molecule has 1 aromatic rings. The Morgan fingerprint density at radius 1 is 1.67 bits per heavy atom. The van der Waals surface area contributed by atoms with Gasteiger partial charge in [-0.3, -0.25) is 4.68 Å². The monoisotopic (exact) mass is 209 g/mol. The van der Waals surface area contributed by atoms with Gasteiger partial charge < -0.3 is 10.5 Å². The summed E-state index contributed by atoms with van der Waals surface area (Å²) in [5, 5.41) is 4.05. The van der Waals surface area contributed by atoms with E-state index in [1.54, 1.807) is 23.9 Å². The smallest absolute Gasteiger partial charge is 0.330 e. The van der Waals surface area contributed by atoms with Gasteiger partial charge >= 0.3 is 5.97 Å². The highest BCUT2D eigenvalue weighted by Gasteiger charge is 2.03. The van der Waals surface area contributed by atoms with Gasteiger partial charge in [0.2, 0.25) is 0 Å². The number of anilines is 1. The summed E-state index contributed by atoms with van der Waals surface area (Å²) in [7, 11) is 0. The number of nitrogens with zero attached hydrogens (tertiary/aromatic N) is 2. The quantitative estimate of drug-likeness (QED) is 0.594. The van der Waals surface area contributed by atoms with E-state index in [9.17, 15) is 4.79 Å². The van der Waals surface area contributed by atoms with Crippen LogP contribution in [0, 0.1) is 0 Å². The Morgan fingerprint density at radius 3 is 3.00 bits per heavy atom. The zero-order valence-electron chi connectivity index (χ0n) is 8.93. The minimum atomic E-state index is -0.374. The maximum Gasteiger partial charge on any atom is 0.330 e. The average Bonchev–Trinajstić information content (AvgIpc) is 2.57. The molecule has 0 unspecified atom stereocenters. The number of hydrogen-bond acceptors (Lipinski definition) is 4. The van der Waals surface area contributed by atoms with Crippen LogP contribution >= 0.6 is 0 Å². The first kappa shape index (κ1) is 11.3. The van der Waals surface area contributed by atoms with Crippen LogP contribution in [0.5, 0.6) is 0 Å². The number of aryl methyl sites for hydroxylation is 1. The van der Waals surface area contributed by atoms with Crippen LogP contribution in [0.4, 0.5) is 5.69 Å². The summed E-state index contributed by atoms with van der Waals surface area (Å²) in [6.07, 6.45) is 4.53. The molecule has 1 aromatic heterocycles. The van der Waals surface area contributed by atoms with Crippen LogP contribution in [0.2, 0.25) is 0 Å². The van der Waals surface area contributed by atoms with Gasteiger partial charge in [-0.1, -0.05) is 0 Å². The lowest BCUT2D eigenvalue weighted by atomic mass is 10.3. The third-order valence-electron chi connectivity index (χ3n) is 1.87. The predicted molar refractivity (Wildman–Crippen MR) is 58.0 cm³/mol. The van der Waals surface area contributed by atoms with Crippen molar-refractivity contribution in [3.8, 4) is 0 Å². The summed E-state index contributed by atoms with van der Waals surface area (Å²) < 4.78 is 6.47. The molecule has 0 spiro atoms. The van der Waals surface area contributed by atoms with Gasteiger partial charge in [-0.2, -0.15) is 5.10 Å². The van der Waals surface area contributed by atoms with E-state index in [2.05, 4.69) is 5.10 Å². The number of nitrogens with two attached hydrogens (primary N) is 1. The summed E-state index contributed by atoms with van der Waals surface area (Å²) in [4.78, 5) is 11.1. The van der Waals surface area contributed by atoms with Crippen molar-refractivity contribution in [2.45, 2.75) is 20.4 Å². The fourth-order valence-electron chi connectivity index (χ4n) is 1.18. The van der Waals surface area contributed by atoms with Gasteiger partial charge in [0, 0.05) is 12.6 Å². The Bertz CT molecular complexity index is 369. The number of carbonyl (C=O) groups excluding carboxylic acids is 1. The van der Waals surface area contributed by atoms with E-state index in [0.717, 1.165) is 5.69 Å². The van der Waals surface area contributed by atoms with Crippen molar-refractivity contribution in [2.75, 3.05) is 12.3 Å². The van der Waals surface area contributed by atoms with E-state index in [0.29, 0.717) is 18.8 Å². The number of aromatic nitrogens is 2. The number of esters is 1. The topological polar surface area (TPSA) is 70.1 Å². The Labute approximate surface area is 88.5 Å². The summed E-state index contributed by atoms with van der Waals surface area (Å²) in [6.45, 7) is 4.79. The number of carbonyl (C=O) groups is 1. The molecule has 5 heteroatoms. The minimum absolute atomic E-state index is 0.367. The molecule has 0 aliphatic carbocycles. The molecule has 0 saturated heterocycles. The molecule has 15 heavy (non-hydrogen) atoms. The van der Waals surface area contributed by atoms with E-state index in [-0.39, 0.29) is 5.97 Å². The van der Waals surface area contributed by atoms with Gasteiger partial charge in [0.15, 0.2) is 0 Å². The number of rotatable bonds is 4. The molecule has 0 bridgehead atoms. The second-order valence-electron chi connectivity index (χ2n) is 2.89. The predicted octanol–water partition coefficient (Wildman–Crippen LogP) is 1.06. The normalized spacial score (nSPS) is 10.8. The highest BCUT2D eigenvalue weighted by Crippen LogP contribution is 2.12. The average molecular weight is 209 g/mol. The minimum Gasteiger partial charge on any atom is -0.463 e. The Hall–Kier alpha value is -1.78. The SMILES string of the molecule is CCOC(=O)/C=C/c1c(N)cnn1CC. The molecule has 0 aliphatic heterocycles. The summed E-state index contributed by atoms with van der Waals surface area (Å²) in [5.74, 6) is -0.374. The second-order valence-corrected chi connectivity index (χ2v) is 2.89. The van der Waals surface area contributed by atoms with Crippen molar-refractivity contribution < 1.29 is 9.53 Å². The van der Waals surface area contributed by atoms with Crippen LogP contribution in [-0.2, 0) is 16.1 Å². The van der Waals surface area contributed by atoms with E-state index in [4.69, 9.17) is 10.5 Å². The van der Waals surface area contributed by atoms with Gasteiger partial charge in [-0.15, -0.1) is 0 Å². The summed E-state index contributed by atoms with van der Waals surface area (Å²) in [5.41, 5.74) is 6.97. The molecule has 5 nitrogen and oxygen atoms in total. The molecule has 1 heterocycles. The van der Waals surface area contributed by atoms with Crippen molar-refractivity contribution in [1.82, 2.24) is 9.78 Å². The number of ether oxygens (including phenoxy) is 1. The van der Waals surface area contributed by atoms with Crippen LogP contribution in [0.15, 0.2) is 12.3 Å². The lowest BCUT2D eigenvalue weighted by Gasteiger charge is -2.00. The van der Waals surface area contributed by atoms with Gasteiger partial charge in [-0.05, 0) is 19.9 Å². The zero-order chi connectivity index (χ0) is 11.3. The fraction of sp³-hybridized carbons (Fsp3) is 0.400. The Balaban J connectivity index is 2.79. The molecular formula is C10H15N3O2. The van der Waals surface area contributed by atoms with Gasteiger partial charge in [0.05, 0.1) is 24.2 Å². The van der Waals surface area contributed by atoms with Crippen LogP contribution < -0.4 is 5.73 Å². The molecule has 0 fully saturated rings. The highest BCUT2D eigenvalue weighted by atomic mass is 16.5. The van der Waals surface area contributed by atoms with Gasteiger partial charge in [0.1, 0.15) is 0 Å². The first-order chi connectivity index (χ1) is 7.19. The molecule has 0 aromatic carbocycles. The first-order valence-electron chi connectivity index (χ1n) is 4.85. The zero-order valence-corrected chi connectivity index (χ0v) is 8.93. The summed E-state index contributed by atoms with van der Waals surface area (Å²) >= 11 is 0. The largest absolute Gasteiger partial charge is 0.463 e. The van der Waals surface area contributed by atoms with Gasteiger partial charge in [0.25, 0.3) is 0 Å². The van der Waals surface area contributed by atoms with Crippen LogP contribution in [0.1, 0.15) is 19.5 Å². The summed E-state index contributed by atoms with van der Waals surface area (Å²) in [6, 6.07) is 0. The molecule has 2 N–H and O–H groups in total. The molecule has 82 valence electrons. The van der Waals surface area contributed by atoms with Gasteiger partial charge in [-0.25, -0.2) is 4.79 Å². The number of nitrogen functional groups attached to an aromatic ring is 1. The van der Waals surface area contributed by atoms with E-state index in [1.165, 1.54) is 6.08 Å². The van der Waals surface area contributed by atoms with Crippen molar-refractivity contribution in [2.24, 2.45) is 0 Å². The molecule has 0 saturated carbocycles.